The van der Waals surface area contributed by atoms with Crippen LogP contribution in [-0.4, -0.2) is 42.8 Å². The van der Waals surface area contributed by atoms with Gasteiger partial charge >= 0.3 is 0 Å². The molecule has 0 saturated heterocycles. The SMILES string of the molecule is CCNC(=NCC(O)c1cc2ccccc2s1)NCCNC(C)(C)C.I. The molecule has 2 aromatic rings. The molecule has 7 heteroatoms. The summed E-state index contributed by atoms with van der Waals surface area (Å²) >= 11 is 1.62. The Morgan fingerprint density at radius 3 is 2.58 bits per heavy atom. The molecule has 5 nitrogen and oxygen atoms in total. The second kappa shape index (κ2) is 11.1. The quantitative estimate of drug-likeness (QED) is 0.208. The lowest BCUT2D eigenvalue weighted by atomic mass is 10.1. The number of aliphatic hydroxyl groups excluding tert-OH is 1. The van der Waals surface area contributed by atoms with Gasteiger partial charge in [-0.2, -0.15) is 0 Å². The summed E-state index contributed by atoms with van der Waals surface area (Å²) in [6.07, 6.45) is -0.583. The van der Waals surface area contributed by atoms with Crippen LogP contribution in [0.4, 0.5) is 0 Å². The summed E-state index contributed by atoms with van der Waals surface area (Å²) < 4.78 is 1.19. The van der Waals surface area contributed by atoms with Crippen molar-refractivity contribution in [2.45, 2.75) is 39.3 Å². The van der Waals surface area contributed by atoms with E-state index in [1.165, 1.54) is 10.1 Å². The van der Waals surface area contributed by atoms with Crippen LogP contribution in [0.2, 0.25) is 0 Å². The van der Waals surface area contributed by atoms with Crippen LogP contribution in [0, 0.1) is 0 Å². The third-order valence-electron chi connectivity index (χ3n) is 3.61. The maximum absolute atomic E-state index is 10.5. The Kier molecular flexibility index (Phi) is 9.84. The Morgan fingerprint density at radius 2 is 1.92 bits per heavy atom. The third-order valence-corrected chi connectivity index (χ3v) is 4.83. The van der Waals surface area contributed by atoms with Gasteiger partial charge in [-0.05, 0) is 45.2 Å². The van der Waals surface area contributed by atoms with Gasteiger partial charge in [0.25, 0.3) is 0 Å². The molecule has 1 aromatic carbocycles. The minimum atomic E-state index is -0.583. The van der Waals surface area contributed by atoms with E-state index in [2.05, 4.69) is 53.8 Å². The van der Waals surface area contributed by atoms with Crippen molar-refractivity contribution in [3.63, 3.8) is 0 Å². The Bertz CT molecular complexity index is 663. The second-order valence-electron chi connectivity index (χ2n) is 7.03. The Morgan fingerprint density at radius 1 is 1.19 bits per heavy atom. The molecule has 2 rings (SSSR count). The fraction of sp³-hybridized carbons (Fsp3) is 0.526. The molecular weight excluding hydrogens is 459 g/mol. The van der Waals surface area contributed by atoms with Gasteiger partial charge < -0.3 is 21.1 Å². The summed E-state index contributed by atoms with van der Waals surface area (Å²) in [4.78, 5) is 5.47. The average Bonchev–Trinajstić information content (AvgIpc) is 2.99. The summed E-state index contributed by atoms with van der Waals surface area (Å²) in [7, 11) is 0. The number of hydrogen-bond donors (Lipinski definition) is 4. The van der Waals surface area contributed by atoms with E-state index in [1.54, 1.807) is 11.3 Å². The molecule has 4 N–H and O–H groups in total. The first kappa shape index (κ1) is 23.1. The van der Waals surface area contributed by atoms with Crippen LogP contribution in [0.15, 0.2) is 35.3 Å². The van der Waals surface area contributed by atoms with Gasteiger partial charge in [-0.3, -0.25) is 4.99 Å². The maximum Gasteiger partial charge on any atom is 0.191 e. The number of guanidine groups is 1. The zero-order chi connectivity index (χ0) is 18.3. The molecule has 0 fully saturated rings. The number of fused-ring (bicyclic) bond motifs is 1. The highest BCUT2D eigenvalue weighted by Crippen LogP contribution is 2.29. The topological polar surface area (TPSA) is 68.7 Å². The van der Waals surface area contributed by atoms with Gasteiger partial charge in [0.05, 0.1) is 6.54 Å². The summed E-state index contributed by atoms with van der Waals surface area (Å²) in [6, 6.07) is 10.2. The Balaban J connectivity index is 0.00000338. The van der Waals surface area contributed by atoms with Crippen molar-refractivity contribution in [2.75, 3.05) is 26.2 Å². The highest BCUT2D eigenvalue weighted by atomic mass is 127. The molecule has 26 heavy (non-hydrogen) atoms. The molecule has 1 unspecified atom stereocenters. The maximum atomic E-state index is 10.5. The number of aliphatic hydroxyl groups is 1. The number of nitrogens with one attached hydrogen (secondary N) is 3. The molecule has 0 aliphatic carbocycles. The number of halogens is 1. The molecule has 0 aliphatic rings. The van der Waals surface area contributed by atoms with Crippen LogP contribution in [0.3, 0.4) is 0 Å². The van der Waals surface area contributed by atoms with Gasteiger partial charge in [0.1, 0.15) is 6.10 Å². The number of thiophene rings is 1. The molecule has 1 aromatic heterocycles. The van der Waals surface area contributed by atoms with Crippen LogP contribution in [0.25, 0.3) is 10.1 Å². The lowest BCUT2D eigenvalue weighted by Crippen LogP contribution is -2.44. The van der Waals surface area contributed by atoms with Gasteiger partial charge in [0, 0.05) is 34.8 Å². The molecule has 0 spiro atoms. The van der Waals surface area contributed by atoms with Gasteiger partial charge in [-0.1, -0.05) is 18.2 Å². The minimum Gasteiger partial charge on any atom is -0.386 e. The second-order valence-corrected chi connectivity index (χ2v) is 8.14. The van der Waals surface area contributed by atoms with Gasteiger partial charge in [-0.25, -0.2) is 0 Å². The Hall–Kier alpha value is -0.900. The summed E-state index contributed by atoms with van der Waals surface area (Å²) in [6.45, 7) is 11.2. The van der Waals surface area contributed by atoms with Crippen LogP contribution in [0.5, 0.6) is 0 Å². The largest absolute Gasteiger partial charge is 0.386 e. The molecule has 0 radical (unpaired) electrons. The summed E-state index contributed by atoms with van der Waals surface area (Å²) in [5.74, 6) is 0.735. The van der Waals surface area contributed by atoms with E-state index in [4.69, 9.17) is 0 Å². The Labute approximate surface area is 177 Å². The summed E-state index contributed by atoms with van der Waals surface area (Å²) in [5, 5.41) is 21.6. The lowest BCUT2D eigenvalue weighted by molar-refractivity contribution is 0.191. The van der Waals surface area contributed by atoms with Crippen LogP contribution >= 0.6 is 35.3 Å². The van der Waals surface area contributed by atoms with Crippen molar-refractivity contribution >= 4 is 51.4 Å². The van der Waals surface area contributed by atoms with E-state index in [0.29, 0.717) is 6.54 Å². The predicted molar refractivity (Wildman–Crippen MR) is 124 cm³/mol. The lowest BCUT2D eigenvalue weighted by Gasteiger charge is -2.21. The zero-order valence-electron chi connectivity index (χ0n) is 16.0. The van der Waals surface area contributed by atoms with E-state index in [9.17, 15) is 5.11 Å². The highest BCUT2D eigenvalue weighted by Gasteiger charge is 2.12. The first-order valence-corrected chi connectivity index (χ1v) is 9.64. The monoisotopic (exact) mass is 490 g/mol. The van der Waals surface area contributed by atoms with Crippen molar-refractivity contribution in [1.29, 1.82) is 0 Å². The van der Waals surface area contributed by atoms with Crippen LogP contribution < -0.4 is 16.0 Å². The van der Waals surface area contributed by atoms with Crippen molar-refractivity contribution in [3.05, 3.63) is 35.2 Å². The van der Waals surface area contributed by atoms with Crippen molar-refractivity contribution in [2.24, 2.45) is 4.99 Å². The molecule has 0 saturated carbocycles. The first-order chi connectivity index (χ1) is 11.9. The normalized spacial score (nSPS) is 13.3. The van der Waals surface area contributed by atoms with Crippen molar-refractivity contribution in [1.82, 2.24) is 16.0 Å². The van der Waals surface area contributed by atoms with Crippen LogP contribution in [-0.2, 0) is 0 Å². The van der Waals surface area contributed by atoms with E-state index >= 15 is 0 Å². The number of aliphatic imine (C=N–C) groups is 1. The molecule has 0 aliphatic heterocycles. The summed E-state index contributed by atoms with van der Waals surface area (Å²) in [5.41, 5.74) is 0.106. The van der Waals surface area contributed by atoms with Crippen LogP contribution in [0.1, 0.15) is 38.7 Å². The standard InChI is InChI=1S/C19H30N4OS.HI/c1-5-20-18(21-10-11-23-19(2,3)4)22-13-15(24)17-12-14-8-6-7-9-16(14)25-17;/h6-9,12,15,23-24H,5,10-11,13H2,1-4H3,(H2,20,21,22);1H. The zero-order valence-corrected chi connectivity index (χ0v) is 19.2. The van der Waals surface area contributed by atoms with E-state index in [0.717, 1.165) is 30.5 Å². The molecule has 1 heterocycles. The van der Waals surface area contributed by atoms with Gasteiger partial charge in [-0.15, -0.1) is 35.3 Å². The van der Waals surface area contributed by atoms with Crippen molar-refractivity contribution in [3.8, 4) is 0 Å². The number of hydrogen-bond acceptors (Lipinski definition) is 4. The highest BCUT2D eigenvalue weighted by molar-refractivity contribution is 14.0. The number of benzene rings is 1. The molecule has 0 amide bonds. The first-order valence-electron chi connectivity index (χ1n) is 8.83. The minimum absolute atomic E-state index is 0. The average molecular weight is 490 g/mol. The molecule has 0 bridgehead atoms. The fourth-order valence-electron chi connectivity index (χ4n) is 2.39. The van der Waals surface area contributed by atoms with Gasteiger partial charge in [0.15, 0.2) is 5.96 Å². The van der Waals surface area contributed by atoms with E-state index in [1.807, 2.05) is 25.1 Å². The third kappa shape index (κ3) is 7.77. The van der Waals surface area contributed by atoms with E-state index in [-0.39, 0.29) is 29.5 Å². The molecule has 146 valence electrons. The van der Waals surface area contributed by atoms with Gasteiger partial charge in [0.2, 0.25) is 0 Å². The predicted octanol–water partition coefficient (Wildman–Crippen LogP) is 3.50. The molecule has 1 atom stereocenters. The van der Waals surface area contributed by atoms with Crippen molar-refractivity contribution < 1.29 is 5.11 Å². The smallest absolute Gasteiger partial charge is 0.191 e. The molecular formula is C19H31IN4OS. The number of nitrogens with zero attached hydrogens (tertiary/aromatic N) is 1. The van der Waals surface area contributed by atoms with E-state index < -0.39 is 6.10 Å². The fourth-order valence-corrected chi connectivity index (χ4v) is 3.44. The number of rotatable bonds is 7.